The average molecular weight is 104 g/mol. The zero-order chi connectivity index (χ0) is 4.41. The van der Waals surface area contributed by atoms with Crippen molar-refractivity contribution in [1.82, 2.24) is 0 Å². The summed E-state index contributed by atoms with van der Waals surface area (Å²) in [5.74, 6) is 0. The summed E-state index contributed by atoms with van der Waals surface area (Å²) in [5, 5.41) is 1.56. The van der Waals surface area contributed by atoms with Crippen LogP contribution < -0.4 is 3.99 Å². The first kappa shape index (κ1) is 3.55. The van der Waals surface area contributed by atoms with Crippen molar-refractivity contribution in [2.24, 2.45) is 0 Å². The summed E-state index contributed by atoms with van der Waals surface area (Å²) in [7, 11) is 0. The Labute approximate surface area is 37.5 Å². The Kier molecular flexibility index (Phi) is 0.719. The van der Waals surface area contributed by atoms with E-state index in [2.05, 4.69) is 4.52 Å². The van der Waals surface area contributed by atoms with Gasteiger partial charge in [-0.2, -0.15) is 4.52 Å². The van der Waals surface area contributed by atoms with E-state index in [-0.39, 0.29) is 0 Å². The third-order valence-corrected chi connectivity index (χ3v) is 0.840. The second-order valence-electron chi connectivity index (χ2n) is 0.707. The Morgan fingerprint density at radius 3 is 2.83 bits per heavy atom. The molecular weight excluding hydrogens is 102 g/mol. The summed E-state index contributed by atoms with van der Waals surface area (Å²) in [5.41, 5.74) is 0. The zero-order valence-electron chi connectivity index (χ0n) is 2.83. The molecule has 1 heterocycles. The largest absolute Gasteiger partial charge is 0.332 e. The van der Waals surface area contributed by atoms with Gasteiger partial charge in [-0.15, -0.1) is 0 Å². The fraction of sp³-hybridized carbons (Fsp3) is 0. The maximum atomic E-state index is 9.84. The van der Waals surface area contributed by atoms with Gasteiger partial charge in [0.25, 0.3) is 11.5 Å². The SMILES string of the molecule is O=[n+]1occs1. The quantitative estimate of drug-likeness (QED) is 0.473. The molecule has 0 aliphatic heterocycles. The molecule has 0 N–H and O–H groups in total. The van der Waals surface area contributed by atoms with Crippen molar-refractivity contribution in [3.8, 4) is 0 Å². The summed E-state index contributed by atoms with van der Waals surface area (Å²) in [4.78, 5) is 9.84. The van der Waals surface area contributed by atoms with Gasteiger partial charge in [0.15, 0.2) is 6.26 Å². The average Bonchev–Trinajstić information content (AvgIpc) is 1.86. The van der Waals surface area contributed by atoms with Crippen LogP contribution in [0.25, 0.3) is 0 Å². The summed E-state index contributed by atoms with van der Waals surface area (Å²) >= 11 is 0.972. The molecule has 4 heteroatoms. The minimum Gasteiger partial charge on any atom is -0.180 e. The first-order chi connectivity index (χ1) is 2.89. The second kappa shape index (κ2) is 1.22. The number of rotatable bonds is 0. The Morgan fingerprint density at radius 2 is 2.67 bits per heavy atom. The molecule has 0 aromatic carbocycles. The van der Waals surface area contributed by atoms with E-state index in [0.717, 1.165) is 11.5 Å². The van der Waals surface area contributed by atoms with Crippen molar-refractivity contribution < 1.29 is 8.51 Å². The van der Waals surface area contributed by atoms with Crippen molar-refractivity contribution in [3.63, 3.8) is 0 Å². The van der Waals surface area contributed by atoms with Gasteiger partial charge in [0.1, 0.15) is 5.38 Å². The third-order valence-electron chi connectivity index (χ3n) is 0.349. The fourth-order valence-electron chi connectivity index (χ4n) is 0.174. The van der Waals surface area contributed by atoms with E-state index in [1.165, 1.54) is 6.26 Å². The molecule has 1 aromatic heterocycles. The fourth-order valence-corrected chi connectivity index (χ4v) is 0.472. The normalized spacial score (nSPS) is 8.67. The maximum absolute atomic E-state index is 9.84. The highest BCUT2D eigenvalue weighted by molar-refractivity contribution is 6.99. The third kappa shape index (κ3) is 0.463. The Bertz CT molecular complexity index is 149. The van der Waals surface area contributed by atoms with Gasteiger partial charge in [-0.3, -0.25) is 0 Å². The molecule has 0 fully saturated rings. The number of aromatic nitrogens is 1. The van der Waals surface area contributed by atoms with Gasteiger partial charge < -0.3 is 0 Å². The summed E-state index contributed by atoms with van der Waals surface area (Å²) in [6.07, 6.45) is 1.33. The molecule has 0 atom stereocenters. The van der Waals surface area contributed by atoms with Gasteiger partial charge in [-0.05, 0) is 0 Å². The molecule has 0 radical (unpaired) electrons. The minimum atomic E-state index is 0.417. The zero-order valence-corrected chi connectivity index (χ0v) is 3.64. The number of hydrogen-bond donors (Lipinski definition) is 0. The minimum absolute atomic E-state index is 0.417. The Hall–Kier alpha value is -0.640. The van der Waals surface area contributed by atoms with E-state index in [0.29, 0.717) is 3.99 Å². The molecule has 0 unspecified atom stereocenters. The van der Waals surface area contributed by atoms with E-state index in [1.807, 2.05) is 0 Å². The van der Waals surface area contributed by atoms with Crippen LogP contribution in [0, 0.1) is 4.91 Å². The lowest BCUT2D eigenvalue weighted by Crippen LogP contribution is -1.99. The van der Waals surface area contributed by atoms with Crippen molar-refractivity contribution in [2.45, 2.75) is 0 Å². The molecule has 0 bridgehead atoms. The van der Waals surface area contributed by atoms with Crippen molar-refractivity contribution in [2.75, 3.05) is 0 Å². The molecule has 0 saturated heterocycles. The van der Waals surface area contributed by atoms with Crippen LogP contribution in [0.4, 0.5) is 0 Å². The lowest BCUT2D eigenvalue weighted by atomic mass is 11.1. The van der Waals surface area contributed by atoms with Gasteiger partial charge in [-0.25, -0.2) is 0 Å². The monoisotopic (exact) mass is 104 g/mol. The van der Waals surface area contributed by atoms with Crippen molar-refractivity contribution in [3.05, 3.63) is 16.6 Å². The summed E-state index contributed by atoms with van der Waals surface area (Å²) < 4.78 is 4.63. The van der Waals surface area contributed by atoms with Crippen LogP contribution in [0.2, 0.25) is 0 Å². The number of hydrogen-bond acceptors (Lipinski definition) is 3. The van der Waals surface area contributed by atoms with Gasteiger partial charge in [-0.1, -0.05) is 0 Å². The van der Waals surface area contributed by atoms with Gasteiger partial charge >= 0.3 is 3.99 Å². The molecule has 0 aliphatic carbocycles. The molecule has 6 heavy (non-hydrogen) atoms. The lowest BCUT2D eigenvalue weighted by molar-refractivity contribution is -0.643. The lowest BCUT2D eigenvalue weighted by Gasteiger charge is -1.35. The van der Waals surface area contributed by atoms with Gasteiger partial charge in [0.05, 0.1) is 4.91 Å². The van der Waals surface area contributed by atoms with Crippen LogP contribution in [0.15, 0.2) is 16.2 Å². The molecule has 1 rings (SSSR count). The highest BCUT2D eigenvalue weighted by Crippen LogP contribution is 1.78. The van der Waals surface area contributed by atoms with Crippen LogP contribution in [-0.4, -0.2) is 0 Å². The molecule has 1 aromatic rings. The molecule has 0 saturated carbocycles. The smallest absolute Gasteiger partial charge is 0.180 e. The summed E-state index contributed by atoms with van der Waals surface area (Å²) in [6.45, 7) is 0. The van der Waals surface area contributed by atoms with Crippen LogP contribution in [0.5, 0.6) is 0 Å². The molecular formula is C2H2NO2S+. The van der Waals surface area contributed by atoms with Crippen LogP contribution in [0.3, 0.4) is 0 Å². The van der Waals surface area contributed by atoms with Crippen LogP contribution >= 0.6 is 11.5 Å². The molecule has 3 nitrogen and oxygen atoms in total. The molecule has 0 aliphatic rings. The van der Waals surface area contributed by atoms with Crippen LogP contribution in [-0.2, 0) is 0 Å². The molecule has 0 spiro atoms. The first-order valence-electron chi connectivity index (χ1n) is 1.35. The Morgan fingerprint density at radius 1 is 1.83 bits per heavy atom. The van der Waals surface area contributed by atoms with E-state index >= 15 is 0 Å². The summed E-state index contributed by atoms with van der Waals surface area (Å²) in [6, 6.07) is 0. The van der Waals surface area contributed by atoms with Crippen molar-refractivity contribution in [1.29, 1.82) is 0 Å². The predicted molar refractivity (Wildman–Crippen MR) is 20.0 cm³/mol. The standard InChI is InChI=1S/C2H2NO2S/c4-3-5-1-2-6-3/h1-2H/q+1. The van der Waals surface area contributed by atoms with Crippen molar-refractivity contribution >= 4 is 11.5 Å². The van der Waals surface area contributed by atoms with Gasteiger partial charge in [0, 0.05) is 0 Å². The van der Waals surface area contributed by atoms with Crippen LogP contribution in [0.1, 0.15) is 0 Å². The van der Waals surface area contributed by atoms with E-state index in [1.54, 1.807) is 5.38 Å². The van der Waals surface area contributed by atoms with E-state index in [4.69, 9.17) is 0 Å². The first-order valence-corrected chi connectivity index (χ1v) is 2.19. The molecule has 0 amide bonds. The topological polar surface area (TPSA) is 36.1 Å². The predicted octanol–water partition coefficient (Wildman–Crippen LogP) is 0.256. The Balaban J connectivity index is 3.41. The highest BCUT2D eigenvalue weighted by Gasteiger charge is 1.87. The molecule has 32 valence electrons. The van der Waals surface area contributed by atoms with E-state index in [9.17, 15) is 4.91 Å². The second-order valence-corrected chi connectivity index (χ2v) is 1.49. The maximum Gasteiger partial charge on any atom is 0.332 e. The number of nitrogens with zero attached hydrogens (tertiary/aromatic N) is 1. The van der Waals surface area contributed by atoms with Gasteiger partial charge in [0.2, 0.25) is 0 Å². The highest BCUT2D eigenvalue weighted by atomic mass is 32.1. The van der Waals surface area contributed by atoms with E-state index < -0.39 is 0 Å².